The van der Waals surface area contributed by atoms with Crippen LogP contribution in [0.1, 0.15) is 23.4 Å². The number of nitrogens with one attached hydrogen (secondary N) is 1. The highest BCUT2D eigenvalue weighted by Gasteiger charge is 2.60. The SMILES string of the molecule is Cc1ncsc1CCS(=O)(=O)NC(=O)C1CC12CCOC2. The number of carbonyl (C=O) groups is 1. The van der Waals surface area contributed by atoms with Gasteiger partial charge < -0.3 is 4.74 Å². The van der Waals surface area contributed by atoms with E-state index in [0.717, 1.165) is 23.4 Å². The molecule has 0 aromatic carbocycles. The first kappa shape index (κ1) is 14.9. The predicted molar refractivity (Wildman–Crippen MR) is 78.5 cm³/mol. The molecule has 116 valence electrons. The van der Waals surface area contributed by atoms with Crippen LogP contribution in [0.2, 0.25) is 0 Å². The van der Waals surface area contributed by atoms with E-state index in [1.165, 1.54) is 11.3 Å². The van der Waals surface area contributed by atoms with Crippen molar-refractivity contribution in [3.8, 4) is 0 Å². The molecule has 3 rings (SSSR count). The summed E-state index contributed by atoms with van der Waals surface area (Å²) in [5.41, 5.74) is 2.46. The van der Waals surface area contributed by atoms with Crippen molar-refractivity contribution in [1.82, 2.24) is 9.71 Å². The van der Waals surface area contributed by atoms with Gasteiger partial charge in [-0.25, -0.2) is 13.4 Å². The van der Waals surface area contributed by atoms with Gasteiger partial charge in [0.2, 0.25) is 15.9 Å². The summed E-state index contributed by atoms with van der Waals surface area (Å²) in [5, 5.41) is 0. The molecule has 21 heavy (non-hydrogen) atoms. The first-order chi connectivity index (χ1) is 9.92. The Morgan fingerprint density at radius 2 is 2.43 bits per heavy atom. The third kappa shape index (κ3) is 3.12. The average Bonchev–Trinajstić information content (AvgIpc) is 2.71. The number of aryl methyl sites for hydroxylation is 2. The first-order valence-electron chi connectivity index (χ1n) is 6.93. The van der Waals surface area contributed by atoms with Crippen molar-refractivity contribution in [1.29, 1.82) is 0 Å². The van der Waals surface area contributed by atoms with Crippen molar-refractivity contribution in [3.63, 3.8) is 0 Å². The minimum absolute atomic E-state index is 0.0853. The molecule has 1 saturated carbocycles. The third-order valence-corrected chi connectivity index (χ3v) is 6.59. The maximum atomic E-state index is 12.1. The Hall–Kier alpha value is -0.990. The Balaban J connectivity index is 1.54. The standard InChI is InChI=1S/C13H18N2O4S2/c1-9-11(20-8-14-9)2-5-21(17,18)15-12(16)10-6-13(10)3-4-19-7-13/h8,10H,2-7H2,1H3,(H,15,16). The number of amides is 1. The second-order valence-corrected chi connectivity index (χ2v) is 8.60. The first-order valence-corrected chi connectivity index (χ1v) is 9.46. The molecule has 2 unspecified atom stereocenters. The fourth-order valence-corrected chi connectivity index (χ4v) is 4.78. The molecule has 1 aliphatic heterocycles. The van der Waals surface area contributed by atoms with Gasteiger partial charge in [-0.1, -0.05) is 0 Å². The van der Waals surface area contributed by atoms with Gasteiger partial charge in [0.25, 0.3) is 0 Å². The van der Waals surface area contributed by atoms with Crippen LogP contribution in [0.5, 0.6) is 0 Å². The second-order valence-electron chi connectivity index (χ2n) is 5.82. The maximum Gasteiger partial charge on any atom is 0.237 e. The van der Waals surface area contributed by atoms with Gasteiger partial charge in [0.15, 0.2) is 0 Å². The van der Waals surface area contributed by atoms with Gasteiger partial charge in [-0.15, -0.1) is 11.3 Å². The number of ether oxygens (including phenoxy) is 1. The number of rotatable bonds is 5. The summed E-state index contributed by atoms with van der Waals surface area (Å²) in [6, 6.07) is 0. The summed E-state index contributed by atoms with van der Waals surface area (Å²) in [6.45, 7) is 3.09. The Kier molecular flexibility index (Phi) is 3.79. The second kappa shape index (κ2) is 5.33. The highest BCUT2D eigenvalue weighted by Crippen LogP contribution is 2.57. The van der Waals surface area contributed by atoms with Crippen LogP contribution in [-0.2, 0) is 26.0 Å². The molecule has 1 spiro atoms. The molecule has 0 radical (unpaired) electrons. The average molecular weight is 330 g/mol. The number of aromatic nitrogens is 1. The van der Waals surface area contributed by atoms with E-state index >= 15 is 0 Å². The van der Waals surface area contributed by atoms with E-state index in [9.17, 15) is 13.2 Å². The monoisotopic (exact) mass is 330 g/mol. The summed E-state index contributed by atoms with van der Waals surface area (Å²) >= 11 is 1.44. The van der Waals surface area contributed by atoms with E-state index in [-0.39, 0.29) is 23.0 Å². The van der Waals surface area contributed by atoms with Crippen LogP contribution in [0, 0.1) is 18.3 Å². The van der Waals surface area contributed by atoms with Crippen molar-refractivity contribution < 1.29 is 17.9 Å². The van der Waals surface area contributed by atoms with Gasteiger partial charge in [0.05, 0.1) is 23.6 Å². The smallest absolute Gasteiger partial charge is 0.237 e. The summed E-state index contributed by atoms with van der Waals surface area (Å²) in [5.74, 6) is -0.667. The van der Waals surface area contributed by atoms with E-state index in [0.29, 0.717) is 19.6 Å². The molecule has 2 fully saturated rings. The van der Waals surface area contributed by atoms with E-state index in [1.54, 1.807) is 5.51 Å². The van der Waals surface area contributed by atoms with Crippen molar-refractivity contribution in [2.75, 3.05) is 19.0 Å². The maximum absolute atomic E-state index is 12.1. The molecular weight excluding hydrogens is 312 g/mol. The van der Waals surface area contributed by atoms with Crippen LogP contribution in [0.15, 0.2) is 5.51 Å². The Labute approximate surface area is 128 Å². The molecule has 1 saturated heterocycles. The van der Waals surface area contributed by atoms with Crippen molar-refractivity contribution in [2.24, 2.45) is 11.3 Å². The summed E-state index contributed by atoms with van der Waals surface area (Å²) in [7, 11) is -3.59. The zero-order valence-electron chi connectivity index (χ0n) is 11.8. The van der Waals surface area contributed by atoms with E-state index < -0.39 is 10.0 Å². The zero-order chi connectivity index (χ0) is 15.1. The molecule has 6 nitrogen and oxygen atoms in total. The van der Waals surface area contributed by atoms with Gasteiger partial charge in [0.1, 0.15) is 0 Å². The number of carbonyl (C=O) groups excluding carboxylic acids is 1. The number of hydrogen-bond acceptors (Lipinski definition) is 6. The summed E-state index contributed by atoms with van der Waals surface area (Å²) in [6.07, 6.45) is 1.98. The van der Waals surface area contributed by atoms with Gasteiger partial charge in [-0.05, 0) is 26.2 Å². The number of thiazole rings is 1. The largest absolute Gasteiger partial charge is 0.381 e. The molecular formula is C13H18N2O4S2. The lowest BCUT2D eigenvalue weighted by Gasteiger charge is -2.08. The van der Waals surface area contributed by atoms with Crippen molar-refractivity contribution in [2.45, 2.75) is 26.2 Å². The molecule has 1 N–H and O–H groups in total. The van der Waals surface area contributed by atoms with E-state index in [1.807, 2.05) is 6.92 Å². The topological polar surface area (TPSA) is 85.4 Å². The van der Waals surface area contributed by atoms with Gasteiger partial charge >= 0.3 is 0 Å². The summed E-state index contributed by atoms with van der Waals surface area (Å²) in [4.78, 5) is 17.1. The fourth-order valence-electron chi connectivity index (χ4n) is 2.85. The van der Waals surface area contributed by atoms with Crippen LogP contribution in [0.3, 0.4) is 0 Å². The number of nitrogens with zero attached hydrogens (tertiary/aromatic N) is 1. The van der Waals surface area contributed by atoms with E-state index in [2.05, 4.69) is 9.71 Å². The number of hydrogen-bond donors (Lipinski definition) is 1. The predicted octanol–water partition coefficient (Wildman–Crippen LogP) is 0.867. The van der Waals surface area contributed by atoms with E-state index in [4.69, 9.17) is 4.74 Å². The fraction of sp³-hybridized carbons (Fsp3) is 0.692. The molecule has 2 heterocycles. The van der Waals surface area contributed by atoms with Crippen LogP contribution in [-0.4, -0.2) is 38.3 Å². The van der Waals surface area contributed by atoms with Crippen molar-refractivity contribution in [3.05, 3.63) is 16.1 Å². The highest BCUT2D eigenvalue weighted by atomic mass is 32.2. The minimum atomic E-state index is -3.59. The van der Waals surface area contributed by atoms with Crippen LogP contribution in [0.4, 0.5) is 0 Å². The van der Waals surface area contributed by atoms with Gasteiger partial charge in [-0.3, -0.25) is 9.52 Å². The normalized spacial score (nSPS) is 28.0. The molecule has 1 aromatic rings. The van der Waals surface area contributed by atoms with Gasteiger partial charge in [-0.2, -0.15) is 0 Å². The lowest BCUT2D eigenvalue weighted by atomic mass is 10.0. The zero-order valence-corrected chi connectivity index (χ0v) is 13.4. The Bertz CT molecular complexity index is 647. The molecule has 8 heteroatoms. The van der Waals surface area contributed by atoms with Gasteiger partial charge in [0, 0.05) is 22.8 Å². The molecule has 1 aliphatic carbocycles. The van der Waals surface area contributed by atoms with Crippen molar-refractivity contribution >= 4 is 27.3 Å². The number of sulfonamides is 1. The molecule has 1 aromatic heterocycles. The van der Waals surface area contributed by atoms with Crippen LogP contribution in [0.25, 0.3) is 0 Å². The quantitative estimate of drug-likeness (QED) is 0.866. The highest BCUT2D eigenvalue weighted by molar-refractivity contribution is 7.90. The third-order valence-electron chi connectivity index (χ3n) is 4.34. The lowest BCUT2D eigenvalue weighted by Crippen LogP contribution is -2.35. The molecule has 0 bridgehead atoms. The molecule has 2 atom stereocenters. The lowest BCUT2D eigenvalue weighted by molar-refractivity contribution is -0.121. The van der Waals surface area contributed by atoms with Crippen LogP contribution >= 0.6 is 11.3 Å². The minimum Gasteiger partial charge on any atom is -0.381 e. The Morgan fingerprint density at radius 1 is 1.62 bits per heavy atom. The molecule has 1 amide bonds. The molecule has 2 aliphatic rings. The van der Waals surface area contributed by atoms with Crippen LogP contribution < -0.4 is 4.72 Å². The summed E-state index contributed by atoms with van der Waals surface area (Å²) < 4.78 is 31.5. The Morgan fingerprint density at radius 3 is 3.05 bits per heavy atom.